The van der Waals surface area contributed by atoms with Gasteiger partial charge in [0.15, 0.2) is 28.6 Å². The predicted molar refractivity (Wildman–Crippen MR) is 102 cm³/mol. The van der Waals surface area contributed by atoms with E-state index in [1.165, 1.54) is 21.3 Å². The fourth-order valence-electron chi connectivity index (χ4n) is 4.41. The molecule has 0 amide bonds. The van der Waals surface area contributed by atoms with E-state index in [1.54, 1.807) is 24.3 Å². The third kappa shape index (κ3) is 2.32. The van der Waals surface area contributed by atoms with Gasteiger partial charge in [0.25, 0.3) is 0 Å². The molecular formula is C21H19NO8. The number of esters is 1. The maximum atomic E-state index is 13.0. The van der Waals surface area contributed by atoms with Gasteiger partial charge in [-0.05, 0) is 29.8 Å². The molecule has 9 nitrogen and oxygen atoms in total. The van der Waals surface area contributed by atoms with E-state index in [9.17, 15) is 9.90 Å². The number of oxime groups is 1. The molecule has 2 atom stereocenters. The van der Waals surface area contributed by atoms with Crippen molar-refractivity contribution in [3.05, 3.63) is 46.5 Å². The van der Waals surface area contributed by atoms with Crippen molar-refractivity contribution in [3.63, 3.8) is 0 Å². The molecule has 156 valence electrons. The van der Waals surface area contributed by atoms with Crippen LogP contribution in [0.2, 0.25) is 0 Å². The second kappa shape index (κ2) is 6.53. The molecule has 2 heterocycles. The van der Waals surface area contributed by atoms with Gasteiger partial charge in [-0.1, -0.05) is 5.16 Å². The van der Waals surface area contributed by atoms with E-state index in [1.807, 2.05) is 0 Å². The second-order valence-electron chi connectivity index (χ2n) is 7.08. The maximum Gasteiger partial charge on any atom is 0.343 e. The van der Waals surface area contributed by atoms with Crippen LogP contribution in [0.5, 0.6) is 23.0 Å². The summed E-state index contributed by atoms with van der Waals surface area (Å²) in [5.41, 5.74) is 0.881. The van der Waals surface area contributed by atoms with Gasteiger partial charge in [-0.3, -0.25) is 0 Å². The molecular weight excluding hydrogens is 394 g/mol. The molecule has 30 heavy (non-hydrogen) atoms. The lowest BCUT2D eigenvalue weighted by atomic mass is 9.73. The van der Waals surface area contributed by atoms with Gasteiger partial charge in [0.2, 0.25) is 6.79 Å². The van der Waals surface area contributed by atoms with Crippen LogP contribution in [0.1, 0.15) is 39.6 Å². The minimum atomic E-state index is -1.36. The molecule has 3 aliphatic rings. The topological polar surface area (TPSA) is 105 Å². The highest BCUT2D eigenvalue weighted by Crippen LogP contribution is 2.54. The zero-order valence-corrected chi connectivity index (χ0v) is 16.6. The predicted octanol–water partition coefficient (Wildman–Crippen LogP) is 2.29. The van der Waals surface area contributed by atoms with Crippen molar-refractivity contribution >= 4 is 11.7 Å². The smallest absolute Gasteiger partial charge is 0.343 e. The van der Waals surface area contributed by atoms with E-state index in [4.69, 9.17) is 28.5 Å². The highest BCUT2D eigenvalue weighted by atomic mass is 16.7. The molecule has 0 saturated carbocycles. The minimum absolute atomic E-state index is 0.0516. The Kier molecular flexibility index (Phi) is 4.04. The summed E-state index contributed by atoms with van der Waals surface area (Å²) in [7, 11) is 4.35. The molecule has 1 aliphatic carbocycles. The van der Waals surface area contributed by atoms with Crippen molar-refractivity contribution < 1.29 is 38.4 Å². The van der Waals surface area contributed by atoms with Crippen LogP contribution < -0.4 is 18.9 Å². The number of ether oxygens (including phenoxy) is 5. The van der Waals surface area contributed by atoms with Crippen molar-refractivity contribution in [2.45, 2.75) is 18.1 Å². The van der Waals surface area contributed by atoms with Crippen LogP contribution in [-0.2, 0) is 15.2 Å². The number of hydrogen-bond acceptors (Lipinski definition) is 9. The number of benzene rings is 2. The molecule has 2 aliphatic heterocycles. The first-order valence-electron chi connectivity index (χ1n) is 9.26. The molecule has 1 spiro atoms. The molecule has 2 aromatic rings. The van der Waals surface area contributed by atoms with Crippen LogP contribution in [0.4, 0.5) is 0 Å². The Morgan fingerprint density at radius 1 is 1.13 bits per heavy atom. The van der Waals surface area contributed by atoms with Crippen LogP contribution in [0.3, 0.4) is 0 Å². The monoisotopic (exact) mass is 413 g/mol. The summed E-state index contributed by atoms with van der Waals surface area (Å²) >= 11 is 0. The van der Waals surface area contributed by atoms with Crippen molar-refractivity contribution in [1.29, 1.82) is 0 Å². The second-order valence-corrected chi connectivity index (χ2v) is 7.08. The Morgan fingerprint density at radius 2 is 1.90 bits per heavy atom. The Bertz CT molecular complexity index is 1090. The lowest BCUT2D eigenvalue weighted by molar-refractivity contribution is -0.00470. The first-order valence-corrected chi connectivity index (χ1v) is 9.26. The molecule has 0 fully saturated rings. The van der Waals surface area contributed by atoms with Gasteiger partial charge in [-0.25, -0.2) is 4.79 Å². The van der Waals surface area contributed by atoms with Gasteiger partial charge >= 0.3 is 5.97 Å². The number of fused-ring (bicyclic) bond motifs is 4. The van der Waals surface area contributed by atoms with Gasteiger partial charge in [0.05, 0.1) is 20.3 Å². The van der Waals surface area contributed by atoms with Crippen LogP contribution in [0.15, 0.2) is 29.4 Å². The summed E-state index contributed by atoms with van der Waals surface area (Å²) in [6, 6.07) is 6.84. The summed E-state index contributed by atoms with van der Waals surface area (Å²) in [5, 5.41) is 15.2. The van der Waals surface area contributed by atoms with Crippen LogP contribution in [-0.4, -0.2) is 44.9 Å². The van der Waals surface area contributed by atoms with Crippen molar-refractivity contribution in [1.82, 2.24) is 0 Å². The van der Waals surface area contributed by atoms with E-state index in [-0.39, 0.29) is 24.5 Å². The number of aliphatic hydroxyl groups is 1. The van der Waals surface area contributed by atoms with E-state index >= 15 is 0 Å². The Morgan fingerprint density at radius 3 is 2.60 bits per heavy atom. The quantitative estimate of drug-likeness (QED) is 0.604. The number of methoxy groups -OCH3 is 2. The normalized spacial score (nSPS) is 24.5. The largest absolute Gasteiger partial charge is 0.493 e. The zero-order valence-electron chi connectivity index (χ0n) is 16.6. The highest BCUT2D eigenvalue weighted by Gasteiger charge is 2.56. The summed E-state index contributed by atoms with van der Waals surface area (Å²) < 4.78 is 27.6. The van der Waals surface area contributed by atoms with Crippen LogP contribution in [0, 0.1) is 0 Å². The standard InChI is InChI=1S/C21H19NO8/c1-25-14-5-4-12-17(18(14)26-2)20(24)30-21(12)8-13(23)10-6-15-16(29-9-28-15)7-11(10)19(21)22-27-3/h4-7,13,23H,8-9H2,1-3H3/b22-19+. The van der Waals surface area contributed by atoms with E-state index in [2.05, 4.69) is 5.16 Å². The fraction of sp³-hybridized carbons (Fsp3) is 0.333. The SMILES string of the molecule is CO/N=C1\c2cc3c(cc2C(O)CC12OC(=O)c1c2ccc(OC)c1OC)OCO3. The van der Waals surface area contributed by atoms with Crippen LogP contribution >= 0.6 is 0 Å². The molecule has 0 saturated heterocycles. The molecule has 2 unspecified atom stereocenters. The number of carbonyl (C=O) groups excluding carboxylic acids is 1. The first-order chi connectivity index (χ1) is 14.5. The van der Waals surface area contributed by atoms with Gasteiger partial charge in [0.1, 0.15) is 18.4 Å². The van der Waals surface area contributed by atoms with E-state index in [0.29, 0.717) is 39.7 Å². The number of rotatable bonds is 3. The van der Waals surface area contributed by atoms with E-state index in [0.717, 1.165) is 0 Å². The fourth-order valence-corrected chi connectivity index (χ4v) is 4.41. The summed E-state index contributed by atoms with van der Waals surface area (Å²) in [6.45, 7) is 0.0883. The van der Waals surface area contributed by atoms with Gasteiger partial charge in [-0.15, -0.1) is 0 Å². The minimum Gasteiger partial charge on any atom is -0.493 e. The molecule has 9 heteroatoms. The number of carbonyl (C=O) groups is 1. The molecule has 5 rings (SSSR count). The summed E-state index contributed by atoms with van der Waals surface area (Å²) in [5.74, 6) is 1.12. The average Bonchev–Trinajstić information content (AvgIpc) is 3.31. The molecule has 0 radical (unpaired) electrons. The highest BCUT2D eigenvalue weighted by molar-refractivity contribution is 6.14. The lowest BCUT2D eigenvalue weighted by Gasteiger charge is -2.37. The molecule has 2 aromatic carbocycles. The van der Waals surface area contributed by atoms with Crippen LogP contribution in [0.25, 0.3) is 0 Å². The Hall–Kier alpha value is -3.46. The molecule has 1 N–H and O–H groups in total. The Balaban J connectivity index is 1.77. The zero-order chi connectivity index (χ0) is 21.0. The molecule has 0 bridgehead atoms. The van der Waals surface area contributed by atoms with Gasteiger partial charge in [-0.2, -0.15) is 0 Å². The van der Waals surface area contributed by atoms with Gasteiger partial charge < -0.3 is 33.6 Å². The lowest BCUT2D eigenvalue weighted by Crippen LogP contribution is -2.42. The van der Waals surface area contributed by atoms with Gasteiger partial charge in [0, 0.05) is 17.5 Å². The van der Waals surface area contributed by atoms with Crippen molar-refractivity contribution in [2.75, 3.05) is 28.1 Å². The number of aliphatic hydroxyl groups excluding tert-OH is 1. The first kappa shape index (κ1) is 18.6. The van der Waals surface area contributed by atoms with Crippen molar-refractivity contribution in [3.8, 4) is 23.0 Å². The number of nitrogens with zero attached hydrogens (tertiary/aromatic N) is 1. The summed E-state index contributed by atoms with van der Waals surface area (Å²) in [4.78, 5) is 18.1. The van der Waals surface area contributed by atoms with E-state index < -0.39 is 17.7 Å². The maximum absolute atomic E-state index is 13.0. The average molecular weight is 413 g/mol. The Labute approximate surface area is 171 Å². The number of hydrogen-bond donors (Lipinski definition) is 1. The third-order valence-electron chi connectivity index (χ3n) is 5.66. The molecule has 0 aromatic heterocycles. The van der Waals surface area contributed by atoms with Crippen molar-refractivity contribution in [2.24, 2.45) is 5.16 Å². The summed E-state index contributed by atoms with van der Waals surface area (Å²) in [6.07, 6.45) is -0.895. The third-order valence-corrected chi connectivity index (χ3v) is 5.66.